The molecule has 0 fully saturated rings. The largest absolute Gasteiger partial charge is 0.456 e. The predicted octanol–water partition coefficient (Wildman–Crippen LogP) is 4.02. The zero-order chi connectivity index (χ0) is 18.6. The molecule has 136 valence electrons. The van der Waals surface area contributed by atoms with Gasteiger partial charge in [-0.3, -0.25) is 14.9 Å². The Balaban J connectivity index is 1.25. The Morgan fingerprint density at radius 1 is 0.926 bits per heavy atom. The number of amides is 1. The van der Waals surface area contributed by atoms with Gasteiger partial charge < -0.3 is 4.74 Å². The minimum absolute atomic E-state index is 0.189. The van der Waals surface area contributed by atoms with E-state index in [0.29, 0.717) is 11.6 Å². The standard InChI is InChI=1S/C19H15N3O3S2/c23-16(22-19-21-13-6-2-4-8-15(13)27-19)11-25-18(24)10-9-17-20-12-5-1-3-7-14(12)26-17/h1-8H,9-11H2,(H,21,22,23). The molecule has 0 radical (unpaired) electrons. The van der Waals surface area contributed by atoms with Crippen molar-refractivity contribution in [3.63, 3.8) is 0 Å². The van der Waals surface area contributed by atoms with Crippen LogP contribution in [0.3, 0.4) is 0 Å². The van der Waals surface area contributed by atoms with E-state index in [0.717, 1.165) is 25.4 Å². The highest BCUT2D eigenvalue weighted by atomic mass is 32.1. The number of hydrogen-bond acceptors (Lipinski definition) is 7. The Morgan fingerprint density at radius 2 is 1.59 bits per heavy atom. The van der Waals surface area contributed by atoms with Crippen LogP contribution in [0.2, 0.25) is 0 Å². The molecule has 0 saturated carbocycles. The maximum Gasteiger partial charge on any atom is 0.306 e. The first-order valence-corrected chi connectivity index (χ1v) is 9.96. The SMILES string of the molecule is O=C(COC(=O)CCc1nc2ccccc2s1)Nc1nc2ccccc2s1. The minimum atomic E-state index is -0.422. The van der Waals surface area contributed by atoms with Crippen LogP contribution >= 0.6 is 22.7 Å². The number of hydrogen-bond donors (Lipinski definition) is 1. The van der Waals surface area contributed by atoms with Gasteiger partial charge in [-0.1, -0.05) is 35.6 Å². The number of carbonyl (C=O) groups excluding carboxylic acids is 2. The topological polar surface area (TPSA) is 81.2 Å². The van der Waals surface area contributed by atoms with Crippen molar-refractivity contribution < 1.29 is 14.3 Å². The lowest BCUT2D eigenvalue weighted by atomic mass is 10.3. The summed E-state index contributed by atoms with van der Waals surface area (Å²) in [5.74, 6) is -0.823. The second kappa shape index (κ2) is 7.81. The van der Waals surface area contributed by atoms with Gasteiger partial charge in [-0.2, -0.15) is 0 Å². The van der Waals surface area contributed by atoms with E-state index in [9.17, 15) is 9.59 Å². The summed E-state index contributed by atoms with van der Waals surface area (Å²) in [6.45, 7) is -0.325. The number of para-hydroxylation sites is 2. The number of anilines is 1. The lowest BCUT2D eigenvalue weighted by Crippen LogP contribution is -2.20. The number of aryl methyl sites for hydroxylation is 1. The first-order chi connectivity index (χ1) is 13.2. The first kappa shape index (κ1) is 17.6. The zero-order valence-corrected chi connectivity index (χ0v) is 15.8. The predicted molar refractivity (Wildman–Crippen MR) is 107 cm³/mol. The van der Waals surface area contributed by atoms with Crippen molar-refractivity contribution >= 4 is 60.1 Å². The molecule has 4 rings (SSSR count). The molecule has 0 aliphatic carbocycles. The molecule has 0 unspecified atom stereocenters. The highest BCUT2D eigenvalue weighted by Gasteiger charge is 2.12. The van der Waals surface area contributed by atoms with Crippen LogP contribution in [-0.4, -0.2) is 28.5 Å². The van der Waals surface area contributed by atoms with Gasteiger partial charge in [0.25, 0.3) is 5.91 Å². The van der Waals surface area contributed by atoms with Crippen molar-refractivity contribution in [2.45, 2.75) is 12.8 Å². The molecule has 0 saturated heterocycles. The smallest absolute Gasteiger partial charge is 0.306 e. The van der Waals surface area contributed by atoms with E-state index in [2.05, 4.69) is 15.3 Å². The van der Waals surface area contributed by atoms with Crippen molar-refractivity contribution in [3.8, 4) is 0 Å². The number of nitrogens with one attached hydrogen (secondary N) is 1. The van der Waals surface area contributed by atoms with E-state index >= 15 is 0 Å². The molecule has 0 aliphatic heterocycles. The summed E-state index contributed by atoms with van der Waals surface area (Å²) in [5, 5.41) is 4.03. The lowest BCUT2D eigenvalue weighted by Gasteiger charge is -2.03. The minimum Gasteiger partial charge on any atom is -0.456 e. The molecule has 0 aliphatic rings. The Labute approximate surface area is 162 Å². The van der Waals surface area contributed by atoms with Crippen LogP contribution < -0.4 is 5.32 Å². The Kier molecular flexibility index (Phi) is 5.08. The van der Waals surface area contributed by atoms with Crippen LogP contribution in [0.1, 0.15) is 11.4 Å². The average Bonchev–Trinajstić information content (AvgIpc) is 3.27. The highest BCUT2D eigenvalue weighted by molar-refractivity contribution is 7.22. The molecule has 6 nitrogen and oxygen atoms in total. The van der Waals surface area contributed by atoms with Crippen molar-refractivity contribution in [1.82, 2.24) is 9.97 Å². The molecular weight excluding hydrogens is 382 g/mol. The second-order valence-electron chi connectivity index (χ2n) is 5.77. The molecular formula is C19H15N3O3S2. The lowest BCUT2D eigenvalue weighted by molar-refractivity contribution is -0.147. The number of rotatable bonds is 6. The molecule has 1 N–H and O–H groups in total. The Hall–Kier alpha value is -2.84. The number of thiazole rings is 2. The van der Waals surface area contributed by atoms with Crippen LogP contribution in [0.4, 0.5) is 5.13 Å². The molecule has 0 bridgehead atoms. The van der Waals surface area contributed by atoms with Gasteiger partial charge >= 0.3 is 5.97 Å². The maximum atomic E-state index is 12.0. The van der Waals surface area contributed by atoms with Crippen LogP contribution in [0, 0.1) is 0 Å². The molecule has 2 aromatic heterocycles. The van der Waals surface area contributed by atoms with Gasteiger partial charge in [-0.05, 0) is 24.3 Å². The maximum absolute atomic E-state index is 12.0. The van der Waals surface area contributed by atoms with Gasteiger partial charge in [0.1, 0.15) is 0 Å². The number of benzene rings is 2. The molecule has 27 heavy (non-hydrogen) atoms. The van der Waals surface area contributed by atoms with Gasteiger partial charge in [0.05, 0.1) is 31.9 Å². The van der Waals surface area contributed by atoms with Gasteiger partial charge in [0.15, 0.2) is 11.7 Å². The fourth-order valence-corrected chi connectivity index (χ4v) is 4.38. The Morgan fingerprint density at radius 3 is 2.30 bits per heavy atom. The summed E-state index contributed by atoms with van der Waals surface area (Å²) in [6, 6.07) is 15.5. The van der Waals surface area contributed by atoms with E-state index < -0.39 is 11.9 Å². The number of fused-ring (bicyclic) bond motifs is 2. The summed E-state index contributed by atoms with van der Waals surface area (Å²) in [4.78, 5) is 32.6. The molecule has 8 heteroatoms. The van der Waals surface area contributed by atoms with Crippen LogP contribution in [0.25, 0.3) is 20.4 Å². The monoisotopic (exact) mass is 397 g/mol. The van der Waals surface area contributed by atoms with Crippen molar-refractivity contribution in [3.05, 3.63) is 53.5 Å². The number of esters is 1. The Bertz CT molecular complexity index is 1050. The highest BCUT2D eigenvalue weighted by Crippen LogP contribution is 2.25. The number of carbonyl (C=O) groups is 2. The van der Waals surface area contributed by atoms with Gasteiger partial charge in [-0.15, -0.1) is 11.3 Å². The third kappa shape index (κ3) is 4.29. The summed E-state index contributed by atoms with van der Waals surface area (Å²) in [5.41, 5.74) is 1.76. The summed E-state index contributed by atoms with van der Waals surface area (Å²) < 4.78 is 7.13. The molecule has 4 aromatic rings. The molecule has 0 spiro atoms. The van der Waals surface area contributed by atoms with Gasteiger partial charge in [0, 0.05) is 6.42 Å². The number of ether oxygens (including phenoxy) is 1. The van der Waals surface area contributed by atoms with Crippen molar-refractivity contribution in [2.24, 2.45) is 0 Å². The fourth-order valence-electron chi connectivity index (χ4n) is 2.54. The van der Waals surface area contributed by atoms with E-state index in [-0.39, 0.29) is 13.0 Å². The third-order valence-electron chi connectivity index (χ3n) is 3.79. The van der Waals surface area contributed by atoms with Gasteiger partial charge in [0.2, 0.25) is 0 Å². The van der Waals surface area contributed by atoms with Crippen LogP contribution in [0.5, 0.6) is 0 Å². The van der Waals surface area contributed by atoms with Crippen LogP contribution in [-0.2, 0) is 20.7 Å². The normalized spacial score (nSPS) is 11.0. The summed E-state index contributed by atoms with van der Waals surface area (Å²) in [7, 11) is 0. The van der Waals surface area contributed by atoms with E-state index in [4.69, 9.17) is 4.74 Å². The molecule has 2 aromatic carbocycles. The van der Waals surface area contributed by atoms with E-state index in [1.165, 1.54) is 11.3 Å². The average molecular weight is 397 g/mol. The zero-order valence-electron chi connectivity index (χ0n) is 14.2. The van der Waals surface area contributed by atoms with Crippen molar-refractivity contribution in [1.29, 1.82) is 0 Å². The molecule has 1 amide bonds. The third-order valence-corrected chi connectivity index (χ3v) is 5.83. The number of aromatic nitrogens is 2. The van der Waals surface area contributed by atoms with Gasteiger partial charge in [-0.25, -0.2) is 9.97 Å². The molecule has 0 atom stereocenters. The molecule has 2 heterocycles. The number of nitrogens with zero attached hydrogens (tertiary/aromatic N) is 2. The summed E-state index contributed by atoms with van der Waals surface area (Å²) in [6.07, 6.45) is 0.686. The quantitative estimate of drug-likeness (QED) is 0.497. The second-order valence-corrected chi connectivity index (χ2v) is 7.92. The van der Waals surface area contributed by atoms with E-state index in [1.807, 2.05) is 48.5 Å². The van der Waals surface area contributed by atoms with E-state index in [1.54, 1.807) is 11.3 Å². The van der Waals surface area contributed by atoms with Crippen molar-refractivity contribution in [2.75, 3.05) is 11.9 Å². The van der Waals surface area contributed by atoms with Crippen LogP contribution in [0.15, 0.2) is 48.5 Å². The first-order valence-electron chi connectivity index (χ1n) is 8.33. The summed E-state index contributed by atoms with van der Waals surface area (Å²) >= 11 is 2.94. The fraction of sp³-hybridized carbons (Fsp3) is 0.158.